The molecule has 0 saturated heterocycles. The monoisotopic (exact) mass is 342 g/mol. The van der Waals surface area contributed by atoms with Crippen LogP contribution in [0.3, 0.4) is 0 Å². The third kappa shape index (κ3) is 5.27. The summed E-state index contributed by atoms with van der Waals surface area (Å²) in [5, 5.41) is 5.80. The van der Waals surface area contributed by atoms with Gasteiger partial charge in [-0.2, -0.15) is 0 Å². The van der Waals surface area contributed by atoms with Gasteiger partial charge in [0.1, 0.15) is 11.5 Å². The normalized spacial score (nSPS) is 10.4. The smallest absolute Gasteiger partial charge is 0.340 e. The number of ether oxygens (including phenoxy) is 1. The van der Waals surface area contributed by atoms with Crippen molar-refractivity contribution in [3.8, 4) is 0 Å². The lowest BCUT2D eigenvalue weighted by atomic mass is 10.2. The van der Waals surface area contributed by atoms with Gasteiger partial charge in [-0.05, 0) is 25.0 Å². The molecule has 1 heterocycles. The molecule has 25 heavy (non-hydrogen) atoms. The van der Waals surface area contributed by atoms with Gasteiger partial charge in [-0.1, -0.05) is 26.0 Å². The lowest BCUT2D eigenvalue weighted by molar-refractivity contribution is 0.0527. The molecule has 0 saturated carbocycles. The van der Waals surface area contributed by atoms with E-state index >= 15 is 0 Å². The van der Waals surface area contributed by atoms with Crippen LogP contribution in [-0.2, 0) is 4.74 Å². The average molecular weight is 342 g/mol. The Balaban J connectivity index is 2.09. The Morgan fingerprint density at radius 2 is 1.92 bits per heavy atom. The first-order valence-corrected chi connectivity index (χ1v) is 8.14. The van der Waals surface area contributed by atoms with Gasteiger partial charge in [0, 0.05) is 6.54 Å². The second-order valence-electron chi connectivity index (χ2n) is 5.78. The third-order valence-electron chi connectivity index (χ3n) is 3.24. The zero-order valence-electron chi connectivity index (χ0n) is 14.6. The molecule has 2 aromatic rings. The van der Waals surface area contributed by atoms with Gasteiger partial charge in [0.2, 0.25) is 0 Å². The fourth-order valence-electron chi connectivity index (χ4n) is 2.01. The molecule has 2 rings (SSSR count). The highest BCUT2D eigenvalue weighted by atomic mass is 16.5. The molecular formula is C18H22N4O3. The topological polar surface area (TPSA) is 93.2 Å². The molecule has 0 spiro atoms. The number of para-hydroxylation sites is 1. The number of carbonyl (C=O) groups excluding carboxylic acids is 2. The first-order valence-electron chi connectivity index (χ1n) is 8.14. The molecule has 7 heteroatoms. The molecule has 1 aromatic heterocycles. The van der Waals surface area contributed by atoms with Crippen LogP contribution >= 0.6 is 0 Å². The fraction of sp³-hybridized carbons (Fsp3) is 0.333. The SMILES string of the molecule is CCOC(=O)c1ccccc1Nc1cnc(C(=O)NCC(C)C)cn1. The number of hydrogen-bond acceptors (Lipinski definition) is 6. The first-order chi connectivity index (χ1) is 12.0. The van der Waals surface area contributed by atoms with Crippen LogP contribution in [0.15, 0.2) is 36.7 Å². The number of aromatic nitrogens is 2. The highest BCUT2D eigenvalue weighted by molar-refractivity contribution is 5.96. The van der Waals surface area contributed by atoms with Crippen LogP contribution in [0.1, 0.15) is 41.6 Å². The molecule has 2 N–H and O–H groups in total. The van der Waals surface area contributed by atoms with E-state index in [2.05, 4.69) is 20.6 Å². The van der Waals surface area contributed by atoms with Crippen LogP contribution in [0, 0.1) is 5.92 Å². The third-order valence-corrected chi connectivity index (χ3v) is 3.24. The molecule has 0 bridgehead atoms. The van der Waals surface area contributed by atoms with Crippen LogP contribution in [0.4, 0.5) is 11.5 Å². The summed E-state index contributed by atoms with van der Waals surface area (Å²) >= 11 is 0. The van der Waals surface area contributed by atoms with E-state index in [1.807, 2.05) is 13.8 Å². The largest absolute Gasteiger partial charge is 0.462 e. The van der Waals surface area contributed by atoms with Gasteiger partial charge in [-0.3, -0.25) is 4.79 Å². The maximum atomic E-state index is 12.0. The lowest BCUT2D eigenvalue weighted by Crippen LogP contribution is -2.28. The quantitative estimate of drug-likeness (QED) is 0.752. The zero-order chi connectivity index (χ0) is 18.2. The van der Waals surface area contributed by atoms with Crippen molar-refractivity contribution in [3.63, 3.8) is 0 Å². The first kappa shape index (κ1) is 18.4. The number of amides is 1. The molecule has 1 aromatic carbocycles. The average Bonchev–Trinajstić information content (AvgIpc) is 2.61. The van der Waals surface area contributed by atoms with Crippen molar-refractivity contribution in [1.82, 2.24) is 15.3 Å². The van der Waals surface area contributed by atoms with Gasteiger partial charge in [0.05, 0.1) is 30.3 Å². The van der Waals surface area contributed by atoms with Gasteiger partial charge >= 0.3 is 5.97 Å². The van der Waals surface area contributed by atoms with Gasteiger partial charge in [0.15, 0.2) is 0 Å². The molecule has 1 amide bonds. The van der Waals surface area contributed by atoms with Crippen LogP contribution in [0.2, 0.25) is 0 Å². The number of nitrogens with zero attached hydrogens (tertiary/aromatic N) is 2. The summed E-state index contributed by atoms with van der Waals surface area (Å²) in [5.74, 6) is 0.109. The van der Waals surface area contributed by atoms with E-state index in [-0.39, 0.29) is 11.6 Å². The molecule has 132 valence electrons. The maximum Gasteiger partial charge on any atom is 0.340 e. The number of rotatable bonds is 7. The minimum absolute atomic E-state index is 0.241. The Kier molecular flexibility index (Phi) is 6.45. The summed E-state index contributed by atoms with van der Waals surface area (Å²) in [6.45, 7) is 6.66. The molecule has 0 atom stereocenters. The molecular weight excluding hydrogens is 320 g/mol. The van der Waals surface area contributed by atoms with E-state index in [9.17, 15) is 9.59 Å². The van der Waals surface area contributed by atoms with Gasteiger partial charge < -0.3 is 15.4 Å². The zero-order valence-corrected chi connectivity index (χ0v) is 14.6. The highest BCUT2D eigenvalue weighted by Gasteiger charge is 2.13. The van der Waals surface area contributed by atoms with Crippen molar-refractivity contribution in [3.05, 3.63) is 47.9 Å². The van der Waals surface area contributed by atoms with E-state index < -0.39 is 5.97 Å². The number of carbonyl (C=O) groups is 2. The summed E-state index contributed by atoms with van der Waals surface area (Å²) < 4.78 is 5.04. The van der Waals surface area contributed by atoms with Crippen LogP contribution < -0.4 is 10.6 Å². The summed E-state index contributed by atoms with van der Waals surface area (Å²) in [6.07, 6.45) is 2.84. The van der Waals surface area contributed by atoms with Crippen molar-refractivity contribution in [2.45, 2.75) is 20.8 Å². The Bertz CT molecular complexity index is 729. The van der Waals surface area contributed by atoms with E-state index in [0.717, 1.165) is 0 Å². The standard InChI is InChI=1S/C18H22N4O3/c1-4-25-18(24)13-7-5-6-8-14(13)22-16-11-19-15(10-20-16)17(23)21-9-12(2)3/h5-8,10-12H,4,9H2,1-3H3,(H,20,22)(H,21,23). The minimum Gasteiger partial charge on any atom is -0.462 e. The van der Waals surface area contributed by atoms with Crippen molar-refractivity contribution in [1.29, 1.82) is 0 Å². The molecule has 0 unspecified atom stereocenters. The van der Waals surface area contributed by atoms with Crippen molar-refractivity contribution < 1.29 is 14.3 Å². The summed E-state index contributed by atoms with van der Waals surface area (Å²) in [6, 6.07) is 6.97. The molecule has 0 aliphatic rings. The van der Waals surface area contributed by atoms with E-state index in [1.54, 1.807) is 31.2 Å². The number of benzene rings is 1. The van der Waals surface area contributed by atoms with Crippen molar-refractivity contribution >= 4 is 23.4 Å². The highest BCUT2D eigenvalue weighted by Crippen LogP contribution is 2.20. The number of hydrogen-bond donors (Lipinski definition) is 2. The number of esters is 1. The van der Waals surface area contributed by atoms with E-state index in [0.29, 0.717) is 36.1 Å². The van der Waals surface area contributed by atoms with Crippen molar-refractivity contribution in [2.24, 2.45) is 5.92 Å². The summed E-state index contributed by atoms with van der Waals surface area (Å²) in [5.41, 5.74) is 1.21. The molecule has 0 radical (unpaired) electrons. The lowest BCUT2D eigenvalue weighted by Gasteiger charge is -2.11. The molecule has 0 aliphatic carbocycles. The predicted molar refractivity (Wildman–Crippen MR) is 94.9 cm³/mol. The van der Waals surface area contributed by atoms with Gasteiger partial charge in [0.25, 0.3) is 5.91 Å². The maximum absolute atomic E-state index is 12.0. The van der Waals surface area contributed by atoms with Gasteiger partial charge in [-0.15, -0.1) is 0 Å². The number of nitrogens with one attached hydrogen (secondary N) is 2. The second-order valence-corrected chi connectivity index (χ2v) is 5.78. The molecule has 7 nitrogen and oxygen atoms in total. The summed E-state index contributed by atoms with van der Waals surface area (Å²) in [7, 11) is 0. The molecule has 0 aliphatic heterocycles. The Labute approximate surface area is 146 Å². The van der Waals surface area contributed by atoms with E-state index in [4.69, 9.17) is 4.74 Å². The Hall–Kier alpha value is -2.96. The molecule has 0 fully saturated rings. The summed E-state index contributed by atoms with van der Waals surface area (Å²) in [4.78, 5) is 32.2. The van der Waals surface area contributed by atoms with Crippen LogP contribution in [-0.4, -0.2) is 35.0 Å². The van der Waals surface area contributed by atoms with Crippen LogP contribution in [0.25, 0.3) is 0 Å². The minimum atomic E-state index is -0.414. The van der Waals surface area contributed by atoms with Gasteiger partial charge in [-0.25, -0.2) is 14.8 Å². The fourth-order valence-corrected chi connectivity index (χ4v) is 2.01. The Morgan fingerprint density at radius 1 is 1.16 bits per heavy atom. The predicted octanol–water partition coefficient (Wildman–Crippen LogP) is 2.78. The Morgan fingerprint density at radius 3 is 2.56 bits per heavy atom. The van der Waals surface area contributed by atoms with E-state index in [1.165, 1.54) is 12.4 Å². The van der Waals surface area contributed by atoms with Crippen LogP contribution in [0.5, 0.6) is 0 Å². The second kappa shape index (κ2) is 8.77. The number of anilines is 2. The van der Waals surface area contributed by atoms with Crippen molar-refractivity contribution in [2.75, 3.05) is 18.5 Å².